The van der Waals surface area contributed by atoms with Crippen LogP contribution in [0, 0.1) is 11.5 Å². The first kappa shape index (κ1) is 13.6. The number of aromatic nitrogens is 2. The van der Waals surface area contributed by atoms with Gasteiger partial charge in [0.05, 0.1) is 6.61 Å². The van der Waals surface area contributed by atoms with Gasteiger partial charge in [0.2, 0.25) is 0 Å². The topological polar surface area (TPSA) is 82.9 Å². The Bertz CT molecular complexity index is 591. The second kappa shape index (κ2) is 6.95. The first-order chi connectivity index (χ1) is 9.81. The lowest BCUT2D eigenvalue weighted by atomic mass is 10.2. The van der Waals surface area contributed by atoms with E-state index in [0.29, 0.717) is 24.8 Å². The molecule has 1 aromatic carbocycles. The minimum Gasteiger partial charge on any atom is -0.494 e. The normalized spacial score (nSPS) is 9.60. The van der Waals surface area contributed by atoms with Crippen LogP contribution < -0.4 is 15.4 Å². The standard InChI is InChI=1S/C14H15N5O/c1-2-20-12-5-3-11(4-6-12)8-16-13-7-14(17-9-15)19-10-18-13/h3-7,10H,2,8H2,1H3,(H2,16,17,18,19). The molecule has 2 rings (SSSR count). The highest BCUT2D eigenvalue weighted by Crippen LogP contribution is 2.14. The van der Waals surface area contributed by atoms with E-state index in [1.807, 2.05) is 37.4 Å². The van der Waals surface area contributed by atoms with Crippen molar-refractivity contribution in [3.63, 3.8) is 0 Å². The molecule has 0 radical (unpaired) electrons. The fourth-order valence-corrected chi connectivity index (χ4v) is 1.64. The van der Waals surface area contributed by atoms with Gasteiger partial charge in [0.1, 0.15) is 23.7 Å². The van der Waals surface area contributed by atoms with Crippen molar-refractivity contribution in [2.45, 2.75) is 13.5 Å². The zero-order chi connectivity index (χ0) is 14.2. The van der Waals surface area contributed by atoms with Crippen LogP contribution >= 0.6 is 0 Å². The van der Waals surface area contributed by atoms with Crippen LogP contribution in [0.3, 0.4) is 0 Å². The molecule has 0 saturated carbocycles. The highest BCUT2D eigenvalue weighted by atomic mass is 16.5. The molecule has 0 bridgehead atoms. The van der Waals surface area contributed by atoms with Gasteiger partial charge in [-0.25, -0.2) is 9.97 Å². The fraction of sp³-hybridized carbons (Fsp3) is 0.214. The molecular weight excluding hydrogens is 254 g/mol. The van der Waals surface area contributed by atoms with E-state index in [4.69, 9.17) is 10.00 Å². The average molecular weight is 269 g/mol. The largest absolute Gasteiger partial charge is 0.494 e. The number of hydrogen-bond acceptors (Lipinski definition) is 6. The molecular formula is C14H15N5O. The molecule has 1 aromatic heterocycles. The van der Waals surface area contributed by atoms with Gasteiger partial charge < -0.3 is 10.1 Å². The van der Waals surface area contributed by atoms with E-state index < -0.39 is 0 Å². The molecule has 2 aromatic rings. The van der Waals surface area contributed by atoms with Crippen molar-refractivity contribution in [3.8, 4) is 11.9 Å². The summed E-state index contributed by atoms with van der Waals surface area (Å²) in [6, 6.07) is 9.53. The maximum absolute atomic E-state index is 8.53. The van der Waals surface area contributed by atoms with Gasteiger partial charge in [-0.15, -0.1) is 0 Å². The minimum absolute atomic E-state index is 0.469. The van der Waals surface area contributed by atoms with Gasteiger partial charge in [0, 0.05) is 12.6 Å². The second-order valence-electron chi connectivity index (χ2n) is 3.96. The summed E-state index contributed by atoms with van der Waals surface area (Å²) in [5.41, 5.74) is 1.11. The Hall–Kier alpha value is -2.81. The molecule has 6 heteroatoms. The Balaban J connectivity index is 1.94. The molecule has 20 heavy (non-hydrogen) atoms. The summed E-state index contributed by atoms with van der Waals surface area (Å²) in [7, 11) is 0. The number of benzene rings is 1. The van der Waals surface area contributed by atoms with Crippen molar-refractivity contribution in [2.75, 3.05) is 17.2 Å². The quantitative estimate of drug-likeness (QED) is 0.619. The lowest BCUT2D eigenvalue weighted by Gasteiger charge is -2.07. The highest BCUT2D eigenvalue weighted by Gasteiger charge is 1.99. The summed E-state index contributed by atoms with van der Waals surface area (Å²) in [5.74, 6) is 1.99. The van der Waals surface area contributed by atoms with E-state index in [-0.39, 0.29) is 0 Å². The molecule has 0 atom stereocenters. The maximum atomic E-state index is 8.53. The van der Waals surface area contributed by atoms with Crippen molar-refractivity contribution < 1.29 is 4.74 Å². The maximum Gasteiger partial charge on any atom is 0.182 e. The fourth-order valence-electron chi connectivity index (χ4n) is 1.64. The predicted molar refractivity (Wildman–Crippen MR) is 76.2 cm³/mol. The molecule has 2 N–H and O–H groups in total. The van der Waals surface area contributed by atoms with Gasteiger partial charge in [-0.05, 0) is 24.6 Å². The molecule has 0 aliphatic rings. The summed E-state index contributed by atoms with van der Waals surface area (Å²) in [5, 5.41) is 14.2. The van der Waals surface area contributed by atoms with Crippen molar-refractivity contribution in [1.82, 2.24) is 9.97 Å². The van der Waals surface area contributed by atoms with E-state index in [9.17, 15) is 0 Å². The van der Waals surface area contributed by atoms with Crippen LogP contribution in [0.1, 0.15) is 12.5 Å². The number of nitrogens with zero attached hydrogens (tertiary/aromatic N) is 3. The zero-order valence-electron chi connectivity index (χ0n) is 11.1. The van der Waals surface area contributed by atoms with Crippen LogP contribution in [0.25, 0.3) is 0 Å². The average Bonchev–Trinajstić information content (AvgIpc) is 2.48. The van der Waals surface area contributed by atoms with Crippen LogP contribution in [-0.4, -0.2) is 16.6 Å². The summed E-state index contributed by atoms with van der Waals surface area (Å²) in [6.07, 6.45) is 3.22. The van der Waals surface area contributed by atoms with Gasteiger partial charge >= 0.3 is 0 Å². The summed E-state index contributed by atoms with van der Waals surface area (Å²) < 4.78 is 5.39. The Morgan fingerprint density at radius 2 is 1.95 bits per heavy atom. The molecule has 0 aliphatic heterocycles. The van der Waals surface area contributed by atoms with E-state index in [1.54, 1.807) is 6.07 Å². The van der Waals surface area contributed by atoms with Crippen LogP contribution in [0.15, 0.2) is 36.7 Å². The molecule has 0 fully saturated rings. The van der Waals surface area contributed by atoms with Gasteiger partial charge in [-0.3, -0.25) is 5.32 Å². The Labute approximate surface area is 117 Å². The van der Waals surface area contributed by atoms with Gasteiger partial charge in [0.15, 0.2) is 6.19 Å². The molecule has 102 valence electrons. The van der Waals surface area contributed by atoms with Gasteiger partial charge in [-0.2, -0.15) is 5.26 Å². The third-order valence-corrected chi connectivity index (χ3v) is 2.56. The molecule has 6 nitrogen and oxygen atoms in total. The number of ether oxygens (including phenoxy) is 1. The first-order valence-corrected chi connectivity index (χ1v) is 6.24. The third-order valence-electron chi connectivity index (χ3n) is 2.56. The van der Waals surface area contributed by atoms with E-state index in [0.717, 1.165) is 11.3 Å². The third kappa shape index (κ3) is 3.85. The molecule has 0 saturated heterocycles. The summed E-state index contributed by atoms with van der Waals surface area (Å²) in [4.78, 5) is 8.00. The van der Waals surface area contributed by atoms with Crippen molar-refractivity contribution in [2.24, 2.45) is 0 Å². The Morgan fingerprint density at radius 3 is 2.65 bits per heavy atom. The number of nitrogens with one attached hydrogen (secondary N) is 2. The van der Waals surface area contributed by atoms with Crippen LogP contribution in [-0.2, 0) is 6.54 Å². The summed E-state index contributed by atoms with van der Waals surface area (Å²) >= 11 is 0. The zero-order valence-corrected chi connectivity index (χ0v) is 11.1. The first-order valence-electron chi connectivity index (χ1n) is 6.24. The van der Waals surface area contributed by atoms with Crippen LogP contribution in [0.5, 0.6) is 5.75 Å². The van der Waals surface area contributed by atoms with Gasteiger partial charge in [0.25, 0.3) is 0 Å². The summed E-state index contributed by atoms with van der Waals surface area (Å²) in [6.45, 7) is 3.25. The molecule has 0 aliphatic carbocycles. The van der Waals surface area contributed by atoms with E-state index in [1.165, 1.54) is 6.33 Å². The molecule has 0 spiro atoms. The number of rotatable bonds is 6. The number of hydrogen-bond donors (Lipinski definition) is 2. The van der Waals surface area contributed by atoms with Gasteiger partial charge in [-0.1, -0.05) is 12.1 Å². The lowest BCUT2D eigenvalue weighted by Crippen LogP contribution is -2.03. The Kier molecular flexibility index (Phi) is 4.73. The van der Waals surface area contributed by atoms with Crippen molar-refractivity contribution in [1.29, 1.82) is 5.26 Å². The predicted octanol–water partition coefficient (Wildman–Crippen LogP) is 2.38. The van der Waals surface area contributed by atoms with Crippen molar-refractivity contribution >= 4 is 11.6 Å². The highest BCUT2D eigenvalue weighted by molar-refractivity contribution is 5.48. The second-order valence-corrected chi connectivity index (χ2v) is 3.96. The van der Waals surface area contributed by atoms with Crippen LogP contribution in [0.2, 0.25) is 0 Å². The number of anilines is 2. The molecule has 0 amide bonds. The Morgan fingerprint density at radius 1 is 1.20 bits per heavy atom. The lowest BCUT2D eigenvalue weighted by molar-refractivity contribution is 0.340. The smallest absolute Gasteiger partial charge is 0.182 e. The molecule has 0 unspecified atom stereocenters. The molecule has 1 heterocycles. The van der Waals surface area contributed by atoms with E-state index >= 15 is 0 Å². The SMILES string of the molecule is CCOc1ccc(CNc2cc(NC#N)ncn2)cc1. The van der Waals surface area contributed by atoms with Crippen molar-refractivity contribution in [3.05, 3.63) is 42.2 Å². The minimum atomic E-state index is 0.469. The monoisotopic (exact) mass is 269 g/mol. The number of nitriles is 1. The van der Waals surface area contributed by atoms with E-state index in [2.05, 4.69) is 20.6 Å². The van der Waals surface area contributed by atoms with Crippen LogP contribution in [0.4, 0.5) is 11.6 Å².